The molecule has 1 saturated heterocycles. The summed E-state index contributed by atoms with van der Waals surface area (Å²) in [5.41, 5.74) is -0.712. The van der Waals surface area contributed by atoms with Gasteiger partial charge in [-0.3, -0.25) is 0 Å². The van der Waals surface area contributed by atoms with E-state index in [-0.39, 0.29) is 23.0 Å². The second kappa shape index (κ2) is 7.30. The number of aromatic nitrogens is 3. The van der Waals surface area contributed by atoms with Crippen molar-refractivity contribution in [2.75, 3.05) is 38.3 Å². The van der Waals surface area contributed by atoms with Gasteiger partial charge in [-0.2, -0.15) is 0 Å². The van der Waals surface area contributed by atoms with E-state index < -0.39 is 19.0 Å². The predicted octanol–water partition coefficient (Wildman–Crippen LogP) is 3.20. The fraction of sp³-hybridized carbons (Fsp3) is 0.368. The summed E-state index contributed by atoms with van der Waals surface area (Å²) >= 11 is 0. The van der Waals surface area contributed by atoms with Gasteiger partial charge in [-0.25, -0.2) is 0 Å². The average molecular weight is 457 g/mol. The van der Waals surface area contributed by atoms with Gasteiger partial charge in [0.25, 0.3) is 0 Å². The second-order valence-electron chi connectivity index (χ2n) is 8.20. The van der Waals surface area contributed by atoms with E-state index >= 15 is 0 Å². The molecule has 1 aromatic carbocycles. The van der Waals surface area contributed by atoms with Gasteiger partial charge in [-0.1, -0.05) is 0 Å². The quantitative estimate of drug-likeness (QED) is 0.361. The summed E-state index contributed by atoms with van der Waals surface area (Å²) in [6.07, 6.45) is -2.49. The molecular weight excluding hydrogens is 434 g/mol. The van der Waals surface area contributed by atoms with Gasteiger partial charge in [0.1, 0.15) is 0 Å². The Morgan fingerprint density at radius 1 is 1.26 bits per heavy atom. The van der Waals surface area contributed by atoms with Crippen LogP contribution in [0.3, 0.4) is 0 Å². The van der Waals surface area contributed by atoms with Crippen LogP contribution in [0.25, 0.3) is 22.2 Å². The number of aromatic amines is 1. The van der Waals surface area contributed by atoms with Crippen molar-refractivity contribution in [1.82, 2.24) is 20.3 Å². The number of nitrogens with one attached hydrogen (secondary N) is 3. The first-order valence-electron chi connectivity index (χ1n) is 9.57. The summed E-state index contributed by atoms with van der Waals surface area (Å²) in [5.74, 6) is 0.600. The molecular formula is C19H23F3N5O3P. The molecule has 1 aliphatic heterocycles. The number of benzene rings is 1. The molecule has 0 unspecified atom stereocenters. The Morgan fingerprint density at radius 3 is 2.61 bits per heavy atom. The van der Waals surface area contributed by atoms with Crippen LogP contribution in [0.2, 0.25) is 0 Å². The Labute approximate surface area is 176 Å². The number of rotatable bonds is 6. The van der Waals surface area contributed by atoms with E-state index in [4.69, 9.17) is 4.52 Å². The first-order chi connectivity index (χ1) is 14.4. The van der Waals surface area contributed by atoms with Crippen molar-refractivity contribution in [3.63, 3.8) is 0 Å². The molecule has 0 bridgehead atoms. The topological polar surface area (TPSA) is 115 Å². The second-order valence-corrected chi connectivity index (χ2v) is 12.1. The maximum atomic E-state index is 13.7. The van der Waals surface area contributed by atoms with E-state index in [0.29, 0.717) is 23.4 Å². The van der Waals surface area contributed by atoms with E-state index in [1.54, 1.807) is 12.1 Å². The van der Waals surface area contributed by atoms with Crippen molar-refractivity contribution in [2.45, 2.75) is 6.18 Å². The standard InChI is InChI=1S/C19H23F3N5O3P/c1-31(2,28,29)30-15-5-3-4-12-13(9-24-17(12)15)16-14(19(20,21)22)10-26-18(27-16)25-8-11-6-23-7-11/h3-5,9-11,23-24,28-29H,6-8H2,1-2H3,(H,25,26,27). The van der Waals surface area contributed by atoms with Crippen LogP contribution in [0, 0.1) is 5.92 Å². The zero-order valence-corrected chi connectivity index (χ0v) is 17.8. The van der Waals surface area contributed by atoms with Crippen LogP contribution in [0.4, 0.5) is 19.1 Å². The summed E-state index contributed by atoms with van der Waals surface area (Å²) in [5, 5.41) is 6.52. The van der Waals surface area contributed by atoms with Crippen LogP contribution in [0.5, 0.6) is 5.75 Å². The van der Waals surface area contributed by atoms with Gasteiger partial charge in [0, 0.05) is 0 Å². The van der Waals surface area contributed by atoms with Gasteiger partial charge >= 0.3 is 170 Å². The van der Waals surface area contributed by atoms with Gasteiger partial charge in [0.05, 0.1) is 0 Å². The zero-order chi connectivity index (χ0) is 22.5. The number of anilines is 1. The summed E-state index contributed by atoms with van der Waals surface area (Å²) in [4.78, 5) is 31.1. The van der Waals surface area contributed by atoms with Gasteiger partial charge < -0.3 is 5.32 Å². The summed E-state index contributed by atoms with van der Waals surface area (Å²) in [6.45, 7) is 4.58. The average Bonchev–Trinajstić information content (AvgIpc) is 3.02. The Morgan fingerprint density at radius 2 is 2.00 bits per heavy atom. The summed E-state index contributed by atoms with van der Waals surface area (Å²) in [7, 11) is -4.36. The summed E-state index contributed by atoms with van der Waals surface area (Å²) < 4.78 is 46.5. The fourth-order valence-electron chi connectivity index (χ4n) is 3.29. The third kappa shape index (κ3) is 4.90. The number of fused-ring (bicyclic) bond motifs is 1. The number of H-pyrrole nitrogens is 1. The molecule has 0 aliphatic carbocycles. The Bertz CT molecular complexity index is 1110. The van der Waals surface area contributed by atoms with Gasteiger partial charge in [0.2, 0.25) is 0 Å². The molecule has 168 valence electrons. The van der Waals surface area contributed by atoms with Crippen molar-refractivity contribution in [2.24, 2.45) is 5.92 Å². The third-order valence-electron chi connectivity index (χ3n) is 4.80. The molecule has 2 aromatic heterocycles. The molecule has 3 heterocycles. The predicted molar refractivity (Wildman–Crippen MR) is 113 cm³/mol. The van der Waals surface area contributed by atoms with E-state index in [2.05, 4.69) is 25.6 Å². The van der Waals surface area contributed by atoms with Crippen LogP contribution in [0.1, 0.15) is 5.56 Å². The number of para-hydroxylation sites is 1. The molecule has 12 heteroatoms. The number of hydrogen-bond donors (Lipinski definition) is 5. The molecule has 0 atom stereocenters. The third-order valence-corrected chi connectivity index (χ3v) is 5.53. The molecule has 0 spiro atoms. The molecule has 4 rings (SSSR count). The van der Waals surface area contributed by atoms with Crippen molar-refractivity contribution >= 4 is 24.1 Å². The molecule has 8 nitrogen and oxygen atoms in total. The summed E-state index contributed by atoms with van der Waals surface area (Å²) in [6, 6.07) is 4.68. The molecule has 0 radical (unpaired) electrons. The molecule has 1 fully saturated rings. The van der Waals surface area contributed by atoms with Crippen molar-refractivity contribution in [3.8, 4) is 17.0 Å². The minimum absolute atomic E-state index is 0.106. The molecule has 31 heavy (non-hydrogen) atoms. The Balaban J connectivity index is 1.78. The normalized spacial score (nSPS) is 16.5. The van der Waals surface area contributed by atoms with Crippen molar-refractivity contribution < 1.29 is 27.5 Å². The van der Waals surface area contributed by atoms with E-state index in [1.165, 1.54) is 25.6 Å². The van der Waals surface area contributed by atoms with Gasteiger partial charge in [-0.15, -0.1) is 0 Å². The van der Waals surface area contributed by atoms with E-state index in [1.807, 2.05) is 0 Å². The maximum absolute atomic E-state index is 13.7. The number of nitrogens with zero attached hydrogens (tertiary/aromatic N) is 2. The molecule has 1 aliphatic rings. The molecule has 5 N–H and O–H groups in total. The van der Waals surface area contributed by atoms with Crippen LogP contribution in [0.15, 0.2) is 30.6 Å². The van der Waals surface area contributed by atoms with Crippen molar-refractivity contribution in [1.29, 1.82) is 0 Å². The number of hydrogen-bond acceptors (Lipinski definition) is 7. The number of alkyl halides is 3. The fourth-order valence-corrected chi connectivity index (χ4v) is 4.01. The van der Waals surface area contributed by atoms with Crippen LogP contribution < -0.4 is 15.2 Å². The van der Waals surface area contributed by atoms with Gasteiger partial charge in [-0.05, 0) is 0 Å². The van der Waals surface area contributed by atoms with E-state index in [0.717, 1.165) is 19.3 Å². The van der Waals surface area contributed by atoms with E-state index in [9.17, 15) is 23.0 Å². The number of halogens is 3. The molecule has 0 saturated carbocycles. The minimum atomic E-state index is -4.65. The monoisotopic (exact) mass is 457 g/mol. The zero-order valence-electron chi connectivity index (χ0n) is 16.9. The Kier molecular flexibility index (Phi) is 5.13. The SMILES string of the molecule is CP(C)(O)(O)Oc1cccc2c(-c3nc(NCC4CNC4)ncc3C(F)(F)F)c[nH]c12. The first kappa shape index (κ1) is 21.8. The molecule has 0 amide bonds. The van der Waals surface area contributed by atoms with Crippen LogP contribution in [-0.2, 0) is 6.18 Å². The van der Waals surface area contributed by atoms with Gasteiger partial charge in [0.15, 0.2) is 0 Å². The first-order valence-corrected chi connectivity index (χ1v) is 12.5. The molecule has 3 aromatic rings. The van der Waals surface area contributed by atoms with Crippen molar-refractivity contribution in [3.05, 3.63) is 36.2 Å². The van der Waals surface area contributed by atoms with Crippen LogP contribution >= 0.6 is 7.28 Å². The van der Waals surface area contributed by atoms with Crippen LogP contribution in [-0.4, -0.2) is 57.7 Å². The Hall–Kier alpha value is -2.46.